The number of carbonyl (C=O) groups excluding carboxylic acids is 1. The van der Waals surface area contributed by atoms with Gasteiger partial charge in [0.05, 0.1) is 11.9 Å². The monoisotopic (exact) mass is 269 g/mol. The number of hydrogen-bond acceptors (Lipinski definition) is 3. The Morgan fingerprint density at radius 1 is 1.33 bits per heavy atom. The van der Waals surface area contributed by atoms with E-state index in [1.165, 1.54) is 0 Å². The lowest BCUT2D eigenvalue weighted by molar-refractivity contribution is -0.128. The molecule has 18 heavy (non-hydrogen) atoms. The Morgan fingerprint density at radius 3 is 2.67 bits per heavy atom. The predicted octanol–water partition coefficient (Wildman–Crippen LogP) is 1.14. The van der Waals surface area contributed by atoms with Crippen LogP contribution in [0.2, 0.25) is 0 Å². The molecule has 0 radical (unpaired) electrons. The first kappa shape index (κ1) is 13.3. The average Bonchev–Trinajstić information content (AvgIpc) is 2.76. The average molecular weight is 269 g/mol. The first-order chi connectivity index (χ1) is 8.59. The molecule has 1 aromatic rings. The van der Waals surface area contributed by atoms with Crippen LogP contribution in [0.25, 0.3) is 0 Å². The molecule has 0 spiro atoms. The summed E-state index contributed by atoms with van der Waals surface area (Å²) in [4.78, 5) is 22.8. The standard InChI is InChI=1S/C12H16NO4P/c14-12-7-4-8-13(12)9-10-17-18(15,16)11-5-2-1-3-6-11/h1-3,5-6H,4,7-10H2,(H,15,16). The molecular formula is C12H16NO4P. The second kappa shape index (κ2) is 5.65. The molecule has 6 heteroatoms. The Morgan fingerprint density at radius 2 is 2.06 bits per heavy atom. The summed E-state index contributed by atoms with van der Waals surface area (Å²) in [6, 6.07) is 8.26. The number of hydrogen-bond donors (Lipinski definition) is 1. The van der Waals surface area contributed by atoms with Crippen LogP contribution in [0.15, 0.2) is 30.3 Å². The Bertz CT molecular complexity index is 462. The highest BCUT2D eigenvalue weighted by Crippen LogP contribution is 2.40. The van der Waals surface area contributed by atoms with Gasteiger partial charge in [-0.15, -0.1) is 0 Å². The van der Waals surface area contributed by atoms with Gasteiger partial charge in [-0.25, -0.2) is 0 Å². The summed E-state index contributed by atoms with van der Waals surface area (Å²) in [5, 5.41) is 0.276. The zero-order valence-corrected chi connectivity index (χ0v) is 10.9. The minimum absolute atomic E-state index is 0.0778. The van der Waals surface area contributed by atoms with Crippen LogP contribution in [-0.2, 0) is 13.9 Å². The van der Waals surface area contributed by atoms with Gasteiger partial charge in [-0.2, -0.15) is 0 Å². The molecule has 1 fully saturated rings. The van der Waals surface area contributed by atoms with Crippen LogP contribution < -0.4 is 5.30 Å². The van der Waals surface area contributed by atoms with Crippen LogP contribution in [0.3, 0.4) is 0 Å². The molecule has 5 nitrogen and oxygen atoms in total. The predicted molar refractivity (Wildman–Crippen MR) is 67.7 cm³/mol. The summed E-state index contributed by atoms with van der Waals surface area (Å²) >= 11 is 0. The van der Waals surface area contributed by atoms with Gasteiger partial charge in [0.15, 0.2) is 0 Å². The van der Waals surface area contributed by atoms with E-state index in [0.29, 0.717) is 19.5 Å². The van der Waals surface area contributed by atoms with Crippen molar-refractivity contribution in [3.63, 3.8) is 0 Å². The molecule has 1 N–H and O–H groups in total. The maximum absolute atomic E-state index is 11.9. The van der Waals surface area contributed by atoms with Crippen LogP contribution in [0.4, 0.5) is 0 Å². The van der Waals surface area contributed by atoms with Crippen molar-refractivity contribution < 1.29 is 18.8 Å². The van der Waals surface area contributed by atoms with Gasteiger partial charge in [-0.05, 0) is 18.6 Å². The molecule has 1 heterocycles. The number of rotatable bonds is 5. The van der Waals surface area contributed by atoms with Crippen molar-refractivity contribution in [2.45, 2.75) is 12.8 Å². The van der Waals surface area contributed by atoms with Gasteiger partial charge in [0.1, 0.15) is 0 Å². The van der Waals surface area contributed by atoms with Gasteiger partial charge in [0, 0.05) is 19.5 Å². The number of likely N-dealkylation sites (tertiary alicyclic amines) is 1. The smallest absolute Gasteiger partial charge is 0.340 e. The molecule has 1 aliphatic heterocycles. The summed E-state index contributed by atoms with van der Waals surface area (Å²) in [6.45, 7) is 1.16. The van der Waals surface area contributed by atoms with Crippen LogP contribution >= 0.6 is 7.60 Å². The fourth-order valence-electron chi connectivity index (χ4n) is 1.91. The third-order valence-electron chi connectivity index (χ3n) is 2.88. The molecular weight excluding hydrogens is 253 g/mol. The minimum Gasteiger partial charge on any atom is -0.340 e. The van der Waals surface area contributed by atoms with Crippen LogP contribution in [-0.4, -0.2) is 35.4 Å². The SMILES string of the molecule is O=C1CCCN1CCOP(=O)(O)c1ccccc1. The third kappa shape index (κ3) is 3.19. The van der Waals surface area contributed by atoms with Crippen molar-refractivity contribution >= 4 is 18.8 Å². The van der Waals surface area contributed by atoms with Crippen molar-refractivity contribution in [3.05, 3.63) is 30.3 Å². The second-order valence-corrected chi connectivity index (χ2v) is 5.99. The Kier molecular flexibility index (Phi) is 4.17. The first-order valence-electron chi connectivity index (χ1n) is 5.90. The molecule has 2 rings (SSSR count). The molecule has 1 aromatic carbocycles. The molecule has 1 atom stereocenters. The van der Waals surface area contributed by atoms with E-state index in [4.69, 9.17) is 4.52 Å². The van der Waals surface area contributed by atoms with E-state index < -0.39 is 7.60 Å². The second-order valence-electron chi connectivity index (χ2n) is 4.17. The fraction of sp³-hybridized carbons (Fsp3) is 0.417. The van der Waals surface area contributed by atoms with Crippen LogP contribution in [0, 0.1) is 0 Å². The lowest BCUT2D eigenvalue weighted by Crippen LogP contribution is -2.28. The minimum atomic E-state index is -3.76. The third-order valence-corrected chi connectivity index (χ3v) is 4.36. The molecule has 98 valence electrons. The maximum atomic E-state index is 11.9. The van der Waals surface area contributed by atoms with Gasteiger partial charge in [-0.1, -0.05) is 18.2 Å². The van der Waals surface area contributed by atoms with E-state index in [9.17, 15) is 14.3 Å². The van der Waals surface area contributed by atoms with Gasteiger partial charge in [-0.3, -0.25) is 9.36 Å². The van der Waals surface area contributed by atoms with Gasteiger partial charge < -0.3 is 14.3 Å². The van der Waals surface area contributed by atoms with E-state index in [-0.39, 0.29) is 17.8 Å². The van der Waals surface area contributed by atoms with E-state index in [0.717, 1.165) is 6.42 Å². The molecule has 0 aliphatic carbocycles. The normalized spacial score (nSPS) is 18.9. The number of carbonyl (C=O) groups is 1. The van der Waals surface area contributed by atoms with Crippen molar-refractivity contribution in [1.82, 2.24) is 4.90 Å². The summed E-state index contributed by atoms with van der Waals surface area (Å²) < 4.78 is 16.9. The highest BCUT2D eigenvalue weighted by Gasteiger charge is 2.24. The Balaban J connectivity index is 1.86. The lowest BCUT2D eigenvalue weighted by Gasteiger charge is -2.17. The largest absolute Gasteiger partial charge is 0.358 e. The number of amides is 1. The van der Waals surface area contributed by atoms with Crippen molar-refractivity contribution in [3.8, 4) is 0 Å². The molecule has 1 unspecified atom stereocenters. The topological polar surface area (TPSA) is 66.8 Å². The zero-order chi connectivity index (χ0) is 13.0. The molecule has 1 saturated heterocycles. The van der Waals surface area contributed by atoms with E-state index >= 15 is 0 Å². The first-order valence-corrected chi connectivity index (χ1v) is 7.48. The zero-order valence-electron chi connectivity index (χ0n) is 9.99. The molecule has 1 aliphatic rings. The summed E-state index contributed by atoms with van der Waals surface area (Å²) in [5.41, 5.74) is 0. The van der Waals surface area contributed by atoms with Gasteiger partial charge >= 0.3 is 7.60 Å². The fourth-order valence-corrected chi connectivity index (χ4v) is 2.93. The molecule has 1 amide bonds. The highest BCUT2D eigenvalue weighted by molar-refractivity contribution is 7.61. The van der Waals surface area contributed by atoms with Gasteiger partial charge in [0.2, 0.25) is 5.91 Å². The van der Waals surface area contributed by atoms with Crippen molar-refractivity contribution in [1.29, 1.82) is 0 Å². The Hall–Kier alpha value is -1.16. The summed E-state index contributed by atoms with van der Waals surface area (Å²) in [5.74, 6) is 0.0890. The number of nitrogens with zero attached hydrogens (tertiary/aromatic N) is 1. The summed E-state index contributed by atoms with van der Waals surface area (Å²) in [7, 11) is -3.76. The molecule has 0 saturated carbocycles. The van der Waals surface area contributed by atoms with E-state index in [1.54, 1.807) is 35.2 Å². The lowest BCUT2D eigenvalue weighted by atomic mass is 10.4. The Labute approximate surface area is 106 Å². The van der Waals surface area contributed by atoms with Crippen LogP contribution in [0.5, 0.6) is 0 Å². The van der Waals surface area contributed by atoms with Crippen molar-refractivity contribution in [2.24, 2.45) is 0 Å². The van der Waals surface area contributed by atoms with Gasteiger partial charge in [0.25, 0.3) is 0 Å². The quantitative estimate of drug-likeness (QED) is 0.814. The molecule has 0 bridgehead atoms. The maximum Gasteiger partial charge on any atom is 0.358 e. The van der Waals surface area contributed by atoms with E-state index in [1.807, 2.05) is 0 Å². The van der Waals surface area contributed by atoms with E-state index in [2.05, 4.69) is 0 Å². The van der Waals surface area contributed by atoms with Crippen molar-refractivity contribution in [2.75, 3.05) is 19.7 Å². The molecule has 0 aromatic heterocycles. The summed E-state index contributed by atoms with van der Waals surface area (Å²) in [6.07, 6.45) is 1.42. The highest BCUT2D eigenvalue weighted by atomic mass is 31.2. The number of benzene rings is 1. The van der Waals surface area contributed by atoms with Crippen LogP contribution in [0.1, 0.15) is 12.8 Å².